The van der Waals surface area contributed by atoms with Gasteiger partial charge in [0.1, 0.15) is 11.2 Å². The molecule has 0 saturated carbocycles. The topological polar surface area (TPSA) is 23.0 Å². The molecule has 12 rings (SSSR count). The van der Waals surface area contributed by atoms with Gasteiger partial charge in [0.2, 0.25) is 0 Å². The summed E-state index contributed by atoms with van der Waals surface area (Å²) < 4.78 is 11.0. The van der Waals surface area contributed by atoms with Gasteiger partial charge in [0.15, 0.2) is 0 Å². The zero-order valence-corrected chi connectivity index (χ0v) is 32.6. The van der Waals surface area contributed by atoms with E-state index in [1.165, 1.54) is 77.0 Å². The highest BCUT2D eigenvalue weighted by atomic mass is 16.3. The van der Waals surface area contributed by atoms with E-state index < -0.39 is 0 Å². The lowest BCUT2D eigenvalue weighted by Crippen LogP contribution is -2.00. The van der Waals surface area contributed by atoms with Crippen molar-refractivity contribution in [3.05, 3.63) is 217 Å². The van der Waals surface area contributed by atoms with Crippen molar-refractivity contribution in [2.24, 2.45) is 0 Å². The van der Waals surface area contributed by atoms with E-state index in [9.17, 15) is 0 Å². The van der Waals surface area contributed by atoms with E-state index in [1.807, 2.05) is 12.1 Å². The number of hydrogen-bond acceptors (Lipinski definition) is 1. The summed E-state index contributed by atoms with van der Waals surface area (Å²) in [5.41, 5.74) is 17.5. The predicted octanol–water partition coefficient (Wildman–Crippen LogP) is 15.0. The number of nitrogens with zero attached hydrogens (tertiary/aromatic N) is 2. The highest BCUT2D eigenvalue weighted by Gasteiger charge is 2.18. The summed E-state index contributed by atoms with van der Waals surface area (Å²) in [6.07, 6.45) is 0.816. The molecule has 0 aliphatic carbocycles. The zero-order valence-electron chi connectivity index (χ0n) is 32.6. The fourth-order valence-corrected chi connectivity index (χ4v) is 9.55. The van der Waals surface area contributed by atoms with E-state index >= 15 is 0 Å². The Hall–Kier alpha value is -7.62. The lowest BCUT2D eigenvalue weighted by molar-refractivity contribution is 0.669. The van der Waals surface area contributed by atoms with Crippen LogP contribution in [0.25, 0.3) is 99.2 Å². The number of aryl methyl sites for hydroxylation is 1. The Morgan fingerprint density at radius 3 is 1.49 bits per heavy atom. The van der Waals surface area contributed by atoms with Crippen molar-refractivity contribution in [1.82, 2.24) is 9.13 Å². The summed E-state index contributed by atoms with van der Waals surface area (Å²) >= 11 is 0. The Morgan fingerprint density at radius 1 is 0.373 bits per heavy atom. The van der Waals surface area contributed by atoms with Gasteiger partial charge in [-0.15, -0.1) is 0 Å². The molecule has 0 radical (unpaired) electrons. The molecule has 59 heavy (non-hydrogen) atoms. The average molecular weight is 755 g/mol. The van der Waals surface area contributed by atoms with Crippen LogP contribution >= 0.6 is 0 Å². The predicted molar refractivity (Wildman–Crippen MR) is 247 cm³/mol. The van der Waals surface area contributed by atoms with E-state index in [0.29, 0.717) is 0 Å². The van der Waals surface area contributed by atoms with Crippen LogP contribution in [-0.4, -0.2) is 9.13 Å². The first-order valence-electron chi connectivity index (χ1n) is 20.4. The summed E-state index contributed by atoms with van der Waals surface area (Å²) in [7, 11) is 0. The monoisotopic (exact) mass is 754 g/mol. The van der Waals surface area contributed by atoms with Crippen LogP contribution in [0.4, 0.5) is 0 Å². The lowest BCUT2D eigenvalue weighted by atomic mass is 9.90. The van der Waals surface area contributed by atoms with Gasteiger partial charge in [0, 0.05) is 43.7 Å². The number of benzene rings is 9. The summed E-state index contributed by atoms with van der Waals surface area (Å²) in [4.78, 5) is 0. The van der Waals surface area contributed by atoms with Crippen molar-refractivity contribution < 1.29 is 4.42 Å². The van der Waals surface area contributed by atoms with Gasteiger partial charge in [0.25, 0.3) is 0 Å². The van der Waals surface area contributed by atoms with Gasteiger partial charge in [-0.2, -0.15) is 0 Å². The van der Waals surface area contributed by atoms with Crippen molar-refractivity contribution in [1.29, 1.82) is 0 Å². The number of hydrogen-bond donors (Lipinski definition) is 0. The van der Waals surface area contributed by atoms with Crippen LogP contribution in [0.5, 0.6) is 0 Å². The molecule has 0 amide bonds. The lowest BCUT2D eigenvalue weighted by Gasteiger charge is -2.17. The van der Waals surface area contributed by atoms with E-state index in [1.54, 1.807) is 0 Å². The van der Waals surface area contributed by atoms with Crippen molar-refractivity contribution in [2.45, 2.75) is 13.3 Å². The minimum Gasteiger partial charge on any atom is -0.456 e. The summed E-state index contributed by atoms with van der Waals surface area (Å²) in [5, 5.41) is 7.32. The Balaban J connectivity index is 1.05. The fourth-order valence-electron chi connectivity index (χ4n) is 9.55. The molecule has 0 aliphatic heterocycles. The molecule has 0 bridgehead atoms. The standard InChI is InChI=1S/C56H38N2O/c1-36-26-28-38(34-49(36)43-15-3-2-14-39(43)30-37-27-29-56-50(31-37)48-20-8-13-25-55(48)59-56)40-32-41(57-51-21-9-4-16-44(51)45-17-5-10-22-52(45)57)35-42(33-40)58-53-23-11-6-18-46(53)47-19-7-12-24-54(47)58/h2-29,31-35H,30H2,1H3. The summed E-state index contributed by atoms with van der Waals surface area (Å²) in [5.74, 6) is 0. The first kappa shape index (κ1) is 33.5. The van der Waals surface area contributed by atoms with Crippen molar-refractivity contribution >= 4 is 65.6 Å². The molecule has 0 saturated heterocycles. The maximum absolute atomic E-state index is 6.17. The smallest absolute Gasteiger partial charge is 0.135 e. The fraction of sp³-hybridized carbons (Fsp3) is 0.0357. The SMILES string of the molecule is Cc1ccc(-c2cc(-n3c4ccccc4c4ccccc43)cc(-n3c4ccccc4c4ccccc43)c2)cc1-c1ccccc1Cc1ccc2oc3ccccc3c2c1. The Labute approximate surface area is 341 Å². The molecule has 0 unspecified atom stereocenters. The molecule has 3 heterocycles. The molecule has 0 aliphatic rings. The second-order valence-electron chi connectivity index (χ2n) is 15.8. The molecule has 12 aromatic rings. The second-order valence-corrected chi connectivity index (χ2v) is 15.8. The number of furan rings is 1. The van der Waals surface area contributed by atoms with E-state index in [0.717, 1.165) is 45.3 Å². The highest BCUT2D eigenvalue weighted by Crippen LogP contribution is 2.40. The minimum atomic E-state index is 0.816. The van der Waals surface area contributed by atoms with Gasteiger partial charge in [-0.3, -0.25) is 0 Å². The van der Waals surface area contributed by atoms with Crippen LogP contribution in [0.1, 0.15) is 16.7 Å². The molecule has 3 heteroatoms. The van der Waals surface area contributed by atoms with Gasteiger partial charge in [-0.05, 0) is 119 Å². The van der Waals surface area contributed by atoms with Crippen molar-refractivity contribution in [3.63, 3.8) is 0 Å². The molecule has 0 N–H and O–H groups in total. The van der Waals surface area contributed by atoms with Crippen molar-refractivity contribution in [3.8, 4) is 33.6 Å². The maximum atomic E-state index is 6.17. The number of para-hydroxylation sites is 5. The van der Waals surface area contributed by atoms with Gasteiger partial charge in [0.05, 0.1) is 22.1 Å². The van der Waals surface area contributed by atoms with E-state index in [4.69, 9.17) is 4.42 Å². The van der Waals surface area contributed by atoms with Crippen LogP contribution in [0, 0.1) is 6.92 Å². The normalized spacial score (nSPS) is 11.9. The first-order valence-corrected chi connectivity index (χ1v) is 20.4. The first-order chi connectivity index (χ1) is 29.2. The van der Waals surface area contributed by atoms with Crippen LogP contribution in [-0.2, 0) is 6.42 Å². The van der Waals surface area contributed by atoms with Gasteiger partial charge in [-0.25, -0.2) is 0 Å². The van der Waals surface area contributed by atoms with Crippen LogP contribution in [0.15, 0.2) is 205 Å². The van der Waals surface area contributed by atoms with Crippen molar-refractivity contribution in [2.75, 3.05) is 0 Å². The highest BCUT2D eigenvalue weighted by molar-refractivity contribution is 6.11. The molecule has 3 nitrogen and oxygen atoms in total. The Kier molecular flexibility index (Phi) is 7.51. The van der Waals surface area contributed by atoms with Gasteiger partial charge >= 0.3 is 0 Å². The van der Waals surface area contributed by atoms with E-state index in [-0.39, 0.29) is 0 Å². The molecular formula is C56H38N2O. The minimum absolute atomic E-state index is 0.816. The molecular weight excluding hydrogens is 717 g/mol. The molecule has 3 aromatic heterocycles. The van der Waals surface area contributed by atoms with Gasteiger partial charge < -0.3 is 13.6 Å². The van der Waals surface area contributed by atoms with Crippen LogP contribution < -0.4 is 0 Å². The maximum Gasteiger partial charge on any atom is 0.135 e. The molecule has 9 aromatic carbocycles. The number of fused-ring (bicyclic) bond motifs is 9. The average Bonchev–Trinajstić information content (AvgIpc) is 3.94. The largest absolute Gasteiger partial charge is 0.456 e. The van der Waals surface area contributed by atoms with E-state index in [2.05, 4.69) is 204 Å². The molecule has 278 valence electrons. The third-order valence-corrected chi connectivity index (χ3v) is 12.3. The Morgan fingerprint density at radius 2 is 0.881 bits per heavy atom. The second kappa shape index (κ2) is 13.2. The quantitative estimate of drug-likeness (QED) is 0.166. The Bertz CT molecular complexity index is 3380. The molecule has 0 atom stereocenters. The number of aromatic nitrogens is 2. The third-order valence-electron chi connectivity index (χ3n) is 12.3. The van der Waals surface area contributed by atoms with Gasteiger partial charge in [-0.1, -0.05) is 133 Å². The molecule has 0 spiro atoms. The van der Waals surface area contributed by atoms with Crippen LogP contribution in [0.3, 0.4) is 0 Å². The summed E-state index contributed by atoms with van der Waals surface area (Å²) in [6.45, 7) is 2.23. The summed E-state index contributed by atoms with van der Waals surface area (Å²) in [6, 6.07) is 73.0. The van der Waals surface area contributed by atoms with Crippen LogP contribution in [0.2, 0.25) is 0 Å². The third kappa shape index (κ3) is 5.36. The zero-order chi connectivity index (χ0) is 39.0. The number of rotatable bonds is 6. The molecule has 0 fully saturated rings.